The molecule has 0 amide bonds. The number of carbonyl (C=O) groups excluding carboxylic acids is 1. The van der Waals surface area contributed by atoms with Gasteiger partial charge in [-0.3, -0.25) is 0 Å². The van der Waals surface area contributed by atoms with Crippen LogP contribution in [0.25, 0.3) is 0 Å². The van der Waals surface area contributed by atoms with Crippen LogP contribution in [0.15, 0.2) is 18.2 Å². The van der Waals surface area contributed by atoms with Gasteiger partial charge < -0.3 is 15.8 Å². The van der Waals surface area contributed by atoms with E-state index < -0.39 is 0 Å². The molecule has 88 valence electrons. The molecule has 0 radical (unpaired) electrons. The molecule has 0 heterocycles. The summed E-state index contributed by atoms with van der Waals surface area (Å²) in [6, 6.07) is 5.09. The van der Waals surface area contributed by atoms with Gasteiger partial charge in [0.15, 0.2) is 0 Å². The lowest BCUT2D eigenvalue weighted by molar-refractivity contribution is 0.0601. The maximum Gasteiger partial charge on any atom is 0.337 e. The number of nitrogens with two attached hydrogens (primary N) is 1. The SMILES string of the molecule is COC(=O)c1ccc(NC(C)(C)C)c(N)c1. The van der Waals surface area contributed by atoms with Gasteiger partial charge in [-0.05, 0) is 39.0 Å². The number of hydrogen-bond donors (Lipinski definition) is 2. The van der Waals surface area contributed by atoms with Crippen LogP contribution in [-0.4, -0.2) is 18.6 Å². The van der Waals surface area contributed by atoms with Crippen molar-refractivity contribution in [1.82, 2.24) is 0 Å². The van der Waals surface area contributed by atoms with Gasteiger partial charge in [0.1, 0.15) is 0 Å². The molecule has 0 saturated heterocycles. The van der Waals surface area contributed by atoms with Crippen molar-refractivity contribution in [2.45, 2.75) is 26.3 Å². The number of esters is 1. The van der Waals surface area contributed by atoms with E-state index >= 15 is 0 Å². The third kappa shape index (κ3) is 3.15. The van der Waals surface area contributed by atoms with Crippen LogP contribution < -0.4 is 11.1 Å². The quantitative estimate of drug-likeness (QED) is 0.595. The van der Waals surface area contributed by atoms with E-state index in [1.54, 1.807) is 18.2 Å². The largest absolute Gasteiger partial charge is 0.465 e. The molecule has 1 aromatic rings. The van der Waals surface area contributed by atoms with Crippen LogP contribution in [0.3, 0.4) is 0 Å². The maximum absolute atomic E-state index is 11.3. The zero-order chi connectivity index (χ0) is 12.3. The van der Waals surface area contributed by atoms with E-state index in [4.69, 9.17) is 5.73 Å². The molecule has 0 atom stereocenters. The number of methoxy groups -OCH3 is 1. The van der Waals surface area contributed by atoms with E-state index in [0.717, 1.165) is 5.69 Å². The molecule has 1 aromatic carbocycles. The zero-order valence-electron chi connectivity index (χ0n) is 10.1. The van der Waals surface area contributed by atoms with Gasteiger partial charge in [0.2, 0.25) is 0 Å². The second-order valence-corrected chi connectivity index (χ2v) is 4.67. The van der Waals surface area contributed by atoms with Crippen molar-refractivity contribution in [3.8, 4) is 0 Å². The Balaban J connectivity index is 2.96. The Morgan fingerprint density at radius 1 is 1.38 bits per heavy atom. The Morgan fingerprint density at radius 3 is 2.44 bits per heavy atom. The fraction of sp³-hybridized carbons (Fsp3) is 0.417. The monoisotopic (exact) mass is 222 g/mol. The Morgan fingerprint density at radius 2 is 2.00 bits per heavy atom. The highest BCUT2D eigenvalue weighted by atomic mass is 16.5. The highest BCUT2D eigenvalue weighted by Crippen LogP contribution is 2.23. The van der Waals surface area contributed by atoms with Crippen molar-refractivity contribution in [2.24, 2.45) is 0 Å². The summed E-state index contributed by atoms with van der Waals surface area (Å²) in [6.45, 7) is 6.13. The molecule has 0 aliphatic carbocycles. The van der Waals surface area contributed by atoms with Gasteiger partial charge in [0.25, 0.3) is 0 Å². The Hall–Kier alpha value is -1.71. The number of nitrogen functional groups attached to an aromatic ring is 1. The van der Waals surface area contributed by atoms with Crippen LogP contribution in [-0.2, 0) is 4.74 Å². The molecular weight excluding hydrogens is 204 g/mol. The van der Waals surface area contributed by atoms with Gasteiger partial charge in [0, 0.05) is 5.54 Å². The van der Waals surface area contributed by atoms with Crippen molar-refractivity contribution in [2.75, 3.05) is 18.2 Å². The van der Waals surface area contributed by atoms with Gasteiger partial charge in [-0.1, -0.05) is 0 Å². The molecular formula is C12H18N2O2. The molecule has 0 spiro atoms. The Labute approximate surface area is 95.8 Å². The van der Waals surface area contributed by atoms with Crippen LogP contribution in [0.4, 0.5) is 11.4 Å². The molecule has 3 N–H and O–H groups in total. The second kappa shape index (κ2) is 4.43. The summed E-state index contributed by atoms with van der Waals surface area (Å²) < 4.78 is 4.62. The second-order valence-electron chi connectivity index (χ2n) is 4.67. The van der Waals surface area contributed by atoms with Crippen molar-refractivity contribution in [3.05, 3.63) is 23.8 Å². The summed E-state index contributed by atoms with van der Waals surface area (Å²) in [6.07, 6.45) is 0. The lowest BCUT2D eigenvalue weighted by atomic mass is 10.1. The predicted octanol–water partition coefficient (Wildman–Crippen LogP) is 2.27. The summed E-state index contributed by atoms with van der Waals surface area (Å²) in [4.78, 5) is 11.3. The van der Waals surface area contributed by atoms with Crippen LogP contribution in [0.1, 0.15) is 31.1 Å². The summed E-state index contributed by atoms with van der Waals surface area (Å²) in [5, 5.41) is 3.26. The first-order chi connectivity index (χ1) is 7.33. The van der Waals surface area contributed by atoms with Gasteiger partial charge in [-0.2, -0.15) is 0 Å². The molecule has 4 heteroatoms. The average molecular weight is 222 g/mol. The summed E-state index contributed by atoms with van der Waals surface area (Å²) in [5.74, 6) is -0.381. The topological polar surface area (TPSA) is 64.3 Å². The average Bonchev–Trinajstić information content (AvgIpc) is 2.18. The number of nitrogens with one attached hydrogen (secondary N) is 1. The summed E-state index contributed by atoms with van der Waals surface area (Å²) in [5.41, 5.74) is 7.60. The first kappa shape index (κ1) is 12.4. The normalized spacial score (nSPS) is 11.0. The Kier molecular flexibility index (Phi) is 3.42. The third-order valence-corrected chi connectivity index (χ3v) is 1.98. The maximum atomic E-state index is 11.3. The molecule has 16 heavy (non-hydrogen) atoms. The van der Waals surface area contributed by atoms with E-state index in [-0.39, 0.29) is 11.5 Å². The number of ether oxygens (including phenoxy) is 1. The van der Waals surface area contributed by atoms with E-state index in [9.17, 15) is 4.79 Å². The van der Waals surface area contributed by atoms with E-state index in [2.05, 4.69) is 10.1 Å². The minimum absolute atomic E-state index is 0.0685. The standard InChI is InChI=1S/C12H18N2O2/c1-12(2,3)14-10-6-5-8(7-9(10)13)11(15)16-4/h5-7,14H,13H2,1-4H3. The van der Waals surface area contributed by atoms with E-state index in [1.807, 2.05) is 20.8 Å². The van der Waals surface area contributed by atoms with Gasteiger partial charge in [-0.15, -0.1) is 0 Å². The number of rotatable bonds is 2. The third-order valence-electron chi connectivity index (χ3n) is 1.98. The molecule has 1 rings (SSSR count). The predicted molar refractivity (Wildman–Crippen MR) is 65.6 cm³/mol. The minimum atomic E-state index is -0.381. The lowest BCUT2D eigenvalue weighted by Gasteiger charge is -2.23. The molecule has 0 aliphatic heterocycles. The number of benzene rings is 1. The van der Waals surface area contributed by atoms with Crippen LogP contribution in [0.5, 0.6) is 0 Å². The van der Waals surface area contributed by atoms with Crippen LogP contribution >= 0.6 is 0 Å². The Bertz CT molecular complexity index is 394. The molecule has 0 fully saturated rings. The van der Waals surface area contributed by atoms with Crippen molar-refractivity contribution >= 4 is 17.3 Å². The molecule has 0 saturated carbocycles. The molecule has 4 nitrogen and oxygen atoms in total. The minimum Gasteiger partial charge on any atom is -0.465 e. The fourth-order valence-corrected chi connectivity index (χ4v) is 1.33. The number of anilines is 2. The molecule has 0 unspecified atom stereocenters. The highest BCUT2D eigenvalue weighted by Gasteiger charge is 2.13. The van der Waals surface area contributed by atoms with E-state index in [1.165, 1.54) is 7.11 Å². The first-order valence-electron chi connectivity index (χ1n) is 5.09. The molecule has 0 bridgehead atoms. The molecule has 0 aromatic heterocycles. The fourth-order valence-electron chi connectivity index (χ4n) is 1.33. The van der Waals surface area contributed by atoms with E-state index in [0.29, 0.717) is 11.3 Å². The number of hydrogen-bond acceptors (Lipinski definition) is 4. The van der Waals surface area contributed by atoms with Crippen LogP contribution in [0.2, 0.25) is 0 Å². The highest BCUT2D eigenvalue weighted by molar-refractivity contribution is 5.91. The smallest absolute Gasteiger partial charge is 0.337 e. The number of carbonyl (C=O) groups is 1. The summed E-state index contributed by atoms with van der Waals surface area (Å²) in [7, 11) is 1.35. The lowest BCUT2D eigenvalue weighted by Crippen LogP contribution is -2.26. The zero-order valence-corrected chi connectivity index (χ0v) is 10.1. The van der Waals surface area contributed by atoms with Crippen molar-refractivity contribution < 1.29 is 9.53 Å². The first-order valence-corrected chi connectivity index (χ1v) is 5.09. The van der Waals surface area contributed by atoms with Gasteiger partial charge in [-0.25, -0.2) is 4.79 Å². The van der Waals surface area contributed by atoms with Crippen LogP contribution in [0, 0.1) is 0 Å². The van der Waals surface area contributed by atoms with Crippen molar-refractivity contribution in [1.29, 1.82) is 0 Å². The van der Waals surface area contributed by atoms with Gasteiger partial charge in [0.05, 0.1) is 24.0 Å². The van der Waals surface area contributed by atoms with Crippen molar-refractivity contribution in [3.63, 3.8) is 0 Å². The summed E-state index contributed by atoms with van der Waals surface area (Å²) >= 11 is 0. The van der Waals surface area contributed by atoms with Gasteiger partial charge >= 0.3 is 5.97 Å². The molecule has 0 aliphatic rings.